The highest BCUT2D eigenvalue weighted by Gasteiger charge is 2.45. The molecule has 0 unspecified atom stereocenters. The summed E-state index contributed by atoms with van der Waals surface area (Å²) >= 11 is 0. The van der Waals surface area contributed by atoms with Gasteiger partial charge in [0.1, 0.15) is 0 Å². The summed E-state index contributed by atoms with van der Waals surface area (Å²) in [6.07, 6.45) is 0. The lowest BCUT2D eigenvalue weighted by atomic mass is 9.67. The van der Waals surface area contributed by atoms with E-state index in [1.54, 1.807) is 0 Å². The van der Waals surface area contributed by atoms with E-state index in [0.717, 1.165) is 0 Å². The van der Waals surface area contributed by atoms with Crippen LogP contribution < -0.4 is 0 Å². The van der Waals surface area contributed by atoms with Crippen molar-refractivity contribution in [2.45, 2.75) is 5.41 Å². The average molecular weight is 697 g/mol. The Labute approximate surface area is 321 Å². The van der Waals surface area contributed by atoms with Gasteiger partial charge in [-0.05, 0) is 105 Å². The van der Waals surface area contributed by atoms with Crippen LogP contribution in [0.25, 0.3) is 76.8 Å². The van der Waals surface area contributed by atoms with E-state index in [1.165, 1.54) is 99.1 Å². The fraction of sp³-hybridized carbons (Fsp3) is 0.0182. The van der Waals surface area contributed by atoms with Crippen molar-refractivity contribution in [1.29, 1.82) is 0 Å². The topological polar surface area (TPSA) is 0 Å². The lowest BCUT2D eigenvalue weighted by Gasteiger charge is -2.34. The lowest BCUT2D eigenvalue weighted by molar-refractivity contribution is 0.768. The van der Waals surface area contributed by atoms with Gasteiger partial charge >= 0.3 is 0 Å². The minimum atomic E-state index is -0.391. The van der Waals surface area contributed by atoms with Gasteiger partial charge < -0.3 is 0 Å². The normalized spacial score (nSPS) is 12.9. The van der Waals surface area contributed by atoms with Crippen molar-refractivity contribution >= 4 is 32.3 Å². The molecular weight excluding hydrogens is 661 g/mol. The first kappa shape index (κ1) is 31.5. The molecule has 11 rings (SSSR count). The Bertz CT molecular complexity index is 2960. The van der Waals surface area contributed by atoms with Crippen molar-refractivity contribution in [3.05, 3.63) is 241 Å². The second kappa shape index (κ2) is 12.5. The maximum atomic E-state index is 2.35. The van der Waals surface area contributed by atoms with Gasteiger partial charge in [-0.1, -0.05) is 212 Å². The van der Waals surface area contributed by atoms with Crippen molar-refractivity contribution in [2.75, 3.05) is 0 Å². The highest BCUT2D eigenvalue weighted by Crippen LogP contribution is 2.56. The van der Waals surface area contributed by atoms with Gasteiger partial charge in [-0.25, -0.2) is 0 Å². The van der Waals surface area contributed by atoms with Gasteiger partial charge in [-0.2, -0.15) is 0 Å². The minimum Gasteiger partial charge on any atom is -0.0622 e. The summed E-state index contributed by atoms with van der Waals surface area (Å²) in [5.74, 6) is 0. The van der Waals surface area contributed by atoms with Crippen LogP contribution in [0.5, 0.6) is 0 Å². The van der Waals surface area contributed by atoms with Crippen molar-refractivity contribution in [1.82, 2.24) is 0 Å². The second-order valence-corrected chi connectivity index (χ2v) is 14.8. The first-order valence-electron chi connectivity index (χ1n) is 19.2. The molecule has 10 aromatic carbocycles. The predicted octanol–water partition coefficient (Wildman–Crippen LogP) is 14.5. The third-order valence-electron chi connectivity index (χ3n) is 12.0. The van der Waals surface area contributed by atoms with E-state index in [9.17, 15) is 0 Å². The molecule has 0 amide bonds. The van der Waals surface area contributed by atoms with Crippen LogP contribution in [0.2, 0.25) is 0 Å². The van der Waals surface area contributed by atoms with E-state index in [2.05, 4.69) is 218 Å². The number of fused-ring (bicyclic) bond motifs is 6. The van der Waals surface area contributed by atoms with Crippen LogP contribution in [-0.4, -0.2) is 0 Å². The summed E-state index contributed by atoms with van der Waals surface area (Å²) in [5, 5.41) is 7.60. The van der Waals surface area contributed by atoms with Gasteiger partial charge in [0.25, 0.3) is 0 Å². The molecule has 256 valence electrons. The predicted molar refractivity (Wildman–Crippen MR) is 233 cm³/mol. The van der Waals surface area contributed by atoms with Crippen LogP contribution in [0.3, 0.4) is 0 Å². The molecule has 1 aliphatic rings. The highest BCUT2D eigenvalue weighted by atomic mass is 14.5. The maximum Gasteiger partial charge on any atom is 0.0713 e. The van der Waals surface area contributed by atoms with Crippen LogP contribution in [0.15, 0.2) is 218 Å². The van der Waals surface area contributed by atoms with E-state index in [-0.39, 0.29) is 0 Å². The summed E-state index contributed by atoms with van der Waals surface area (Å²) < 4.78 is 0. The lowest BCUT2D eigenvalue weighted by Crippen LogP contribution is -2.28. The summed E-state index contributed by atoms with van der Waals surface area (Å²) in [6, 6.07) is 80.7. The monoisotopic (exact) mass is 696 g/mol. The van der Waals surface area contributed by atoms with Crippen LogP contribution in [0, 0.1) is 0 Å². The van der Waals surface area contributed by atoms with Gasteiger partial charge in [-0.3, -0.25) is 0 Å². The Hall–Kier alpha value is -7.02. The third kappa shape index (κ3) is 4.78. The standard InChI is InChI=1S/C55H36/c1-2-16-43(17-3-1)55(51-24-12-10-18-45(51)46-19-11-13-25-52(46)55)44-34-32-39(33-35-44)38-26-29-40(30-27-38)53-47-20-6-8-22-49(47)54(50-23-9-7-21-48(50)53)42-31-28-37-14-4-5-15-41(37)36-42/h1-36H. The van der Waals surface area contributed by atoms with E-state index < -0.39 is 5.41 Å². The smallest absolute Gasteiger partial charge is 0.0622 e. The third-order valence-corrected chi connectivity index (χ3v) is 12.0. The largest absolute Gasteiger partial charge is 0.0713 e. The Morgan fingerprint density at radius 2 is 0.655 bits per heavy atom. The van der Waals surface area contributed by atoms with E-state index in [1.807, 2.05) is 0 Å². The van der Waals surface area contributed by atoms with Crippen molar-refractivity contribution < 1.29 is 0 Å². The van der Waals surface area contributed by atoms with Crippen molar-refractivity contribution in [3.63, 3.8) is 0 Å². The molecule has 55 heavy (non-hydrogen) atoms. The van der Waals surface area contributed by atoms with Crippen LogP contribution in [-0.2, 0) is 5.41 Å². The molecule has 0 spiro atoms. The molecule has 0 aliphatic heterocycles. The fourth-order valence-corrected chi connectivity index (χ4v) is 9.55. The molecule has 0 nitrogen and oxygen atoms in total. The molecular formula is C55H36. The first-order valence-corrected chi connectivity index (χ1v) is 19.2. The SMILES string of the molecule is c1ccc(C2(c3ccc(-c4ccc(-c5c6ccccc6c(-c6ccc7ccccc7c6)c6ccccc56)cc4)cc3)c3ccccc3-c3ccccc32)cc1. The Balaban J connectivity index is 1.02. The quantitative estimate of drug-likeness (QED) is 0.157. The van der Waals surface area contributed by atoms with Crippen LogP contribution in [0.1, 0.15) is 22.3 Å². The van der Waals surface area contributed by atoms with Gasteiger partial charge in [0.05, 0.1) is 5.41 Å². The van der Waals surface area contributed by atoms with Gasteiger partial charge in [0.15, 0.2) is 0 Å². The molecule has 0 atom stereocenters. The van der Waals surface area contributed by atoms with E-state index >= 15 is 0 Å². The fourth-order valence-electron chi connectivity index (χ4n) is 9.55. The minimum absolute atomic E-state index is 0.391. The van der Waals surface area contributed by atoms with E-state index in [0.29, 0.717) is 0 Å². The van der Waals surface area contributed by atoms with Crippen LogP contribution >= 0.6 is 0 Å². The zero-order chi connectivity index (χ0) is 36.3. The van der Waals surface area contributed by atoms with Crippen molar-refractivity contribution in [2.24, 2.45) is 0 Å². The Kier molecular flexibility index (Phi) is 7.19. The van der Waals surface area contributed by atoms with E-state index in [4.69, 9.17) is 0 Å². The second-order valence-electron chi connectivity index (χ2n) is 14.8. The number of benzene rings is 10. The molecule has 0 aromatic heterocycles. The molecule has 10 aromatic rings. The summed E-state index contributed by atoms with van der Waals surface area (Å²) in [6.45, 7) is 0. The molecule has 0 saturated carbocycles. The molecule has 0 fully saturated rings. The molecule has 0 saturated heterocycles. The number of hydrogen-bond acceptors (Lipinski definition) is 0. The Morgan fingerprint density at radius 3 is 1.24 bits per heavy atom. The van der Waals surface area contributed by atoms with Gasteiger partial charge in [0, 0.05) is 0 Å². The molecule has 0 bridgehead atoms. The van der Waals surface area contributed by atoms with Crippen molar-refractivity contribution in [3.8, 4) is 44.5 Å². The summed E-state index contributed by atoms with van der Waals surface area (Å²) in [4.78, 5) is 0. The maximum absolute atomic E-state index is 2.35. The zero-order valence-corrected chi connectivity index (χ0v) is 30.3. The molecule has 1 aliphatic carbocycles. The van der Waals surface area contributed by atoms with Gasteiger partial charge in [-0.15, -0.1) is 0 Å². The first-order chi connectivity index (χ1) is 27.3. The molecule has 0 heterocycles. The number of rotatable bonds is 5. The zero-order valence-electron chi connectivity index (χ0n) is 30.3. The molecule has 0 radical (unpaired) electrons. The average Bonchev–Trinajstić information content (AvgIpc) is 3.57. The van der Waals surface area contributed by atoms with Crippen LogP contribution in [0.4, 0.5) is 0 Å². The molecule has 0 heteroatoms. The summed E-state index contributed by atoms with van der Waals surface area (Å²) in [7, 11) is 0. The highest BCUT2D eigenvalue weighted by molar-refractivity contribution is 6.21. The Morgan fingerprint density at radius 1 is 0.255 bits per heavy atom. The summed E-state index contributed by atoms with van der Waals surface area (Å²) in [5.41, 5.74) is 14.9. The number of hydrogen-bond donors (Lipinski definition) is 0. The molecule has 0 N–H and O–H groups in total. The van der Waals surface area contributed by atoms with Gasteiger partial charge in [0.2, 0.25) is 0 Å².